The van der Waals surface area contributed by atoms with Crippen LogP contribution in [0.2, 0.25) is 0 Å². The molecular weight excluding hydrogens is 492 g/mol. The van der Waals surface area contributed by atoms with E-state index < -0.39 is 37.3 Å². The summed E-state index contributed by atoms with van der Waals surface area (Å²) in [5.41, 5.74) is 2.20. The third-order valence-corrected chi connectivity index (χ3v) is 12.4. The van der Waals surface area contributed by atoms with Crippen LogP contribution in [-0.4, -0.2) is 63.8 Å². The summed E-state index contributed by atoms with van der Waals surface area (Å²) in [4.78, 5) is 0. The molecule has 0 aromatic rings. The van der Waals surface area contributed by atoms with Gasteiger partial charge in [0, 0.05) is 0 Å². The van der Waals surface area contributed by atoms with Crippen LogP contribution in [0.5, 0.6) is 0 Å². The Bertz CT molecular complexity index is 872. The number of ether oxygens (including phenoxy) is 2. The maximum Gasteiger partial charge on any atom is 0.186 e. The molecule has 6 heteroatoms. The molecule has 6 unspecified atom stereocenters. The molecule has 1 heterocycles. The highest BCUT2D eigenvalue weighted by atomic mass is 16.7. The number of aliphatic hydroxyl groups excluding tert-OH is 4. The number of allylic oxidation sites excluding steroid dienone is 1. The fraction of sp³-hybridized carbons (Fsp3) is 0.939. The summed E-state index contributed by atoms with van der Waals surface area (Å²) >= 11 is 0. The first kappa shape index (κ1) is 30.0. The molecule has 39 heavy (non-hydrogen) atoms. The van der Waals surface area contributed by atoms with Gasteiger partial charge in [0.25, 0.3) is 0 Å². The van der Waals surface area contributed by atoms with Crippen LogP contribution in [-0.2, 0) is 9.47 Å². The Labute approximate surface area is 236 Å². The largest absolute Gasteiger partial charge is 0.394 e. The van der Waals surface area contributed by atoms with Gasteiger partial charge in [-0.2, -0.15) is 0 Å². The monoisotopic (exact) mass is 548 g/mol. The molecule has 0 spiro atoms. The number of aliphatic hydroxyl groups is 4. The van der Waals surface area contributed by atoms with Gasteiger partial charge in [0.2, 0.25) is 0 Å². The van der Waals surface area contributed by atoms with Crippen LogP contribution >= 0.6 is 0 Å². The van der Waals surface area contributed by atoms with Crippen LogP contribution in [0.1, 0.15) is 105 Å². The summed E-state index contributed by atoms with van der Waals surface area (Å²) < 4.78 is 11.9. The lowest BCUT2D eigenvalue weighted by Gasteiger charge is -2.58. The smallest absolute Gasteiger partial charge is 0.186 e. The lowest BCUT2D eigenvalue weighted by molar-refractivity contribution is -0.313. The molecule has 4 fully saturated rings. The lowest BCUT2D eigenvalue weighted by Crippen LogP contribution is -2.60. The highest BCUT2D eigenvalue weighted by Crippen LogP contribution is 2.67. The second kappa shape index (κ2) is 11.6. The van der Waals surface area contributed by atoms with Gasteiger partial charge in [0.15, 0.2) is 6.29 Å². The van der Waals surface area contributed by atoms with E-state index in [1.807, 2.05) is 0 Å². The van der Waals surface area contributed by atoms with Crippen molar-refractivity contribution in [2.75, 3.05) is 6.61 Å². The summed E-state index contributed by atoms with van der Waals surface area (Å²) in [6, 6.07) is 0. The Hall–Kier alpha value is -0.500. The highest BCUT2D eigenvalue weighted by molar-refractivity contribution is 5.25. The van der Waals surface area contributed by atoms with Crippen molar-refractivity contribution in [3.63, 3.8) is 0 Å². The third kappa shape index (κ3) is 5.41. The van der Waals surface area contributed by atoms with Crippen LogP contribution in [0.25, 0.3) is 0 Å². The van der Waals surface area contributed by atoms with E-state index in [4.69, 9.17) is 9.47 Å². The fourth-order valence-electron chi connectivity index (χ4n) is 10.1. The van der Waals surface area contributed by atoms with E-state index in [1.54, 1.807) is 0 Å². The molecule has 13 atom stereocenters. The second-order valence-electron chi connectivity index (χ2n) is 15.0. The van der Waals surface area contributed by atoms with E-state index in [1.165, 1.54) is 56.9 Å². The van der Waals surface area contributed by atoms with Crippen molar-refractivity contribution in [2.24, 2.45) is 46.3 Å². The van der Waals surface area contributed by atoms with E-state index >= 15 is 0 Å². The van der Waals surface area contributed by atoms with Gasteiger partial charge in [0.1, 0.15) is 24.4 Å². The third-order valence-electron chi connectivity index (χ3n) is 12.4. The van der Waals surface area contributed by atoms with E-state index in [2.05, 4.69) is 40.7 Å². The highest BCUT2D eigenvalue weighted by Gasteiger charge is 2.59. The molecule has 6 nitrogen and oxygen atoms in total. The van der Waals surface area contributed by atoms with Gasteiger partial charge in [-0.1, -0.05) is 65.5 Å². The first-order valence-electron chi connectivity index (χ1n) is 16.1. The standard InChI is InChI=1S/C33H56O6/c1-19(2)7-6-8-20(3)24-11-12-25-23-10-9-21-17-22(13-15-32(21,4)26(23)14-16-33(24,25)5)38-31-30(37)29(36)28(35)27(18-34)39-31/h9,19-20,22-31,34-37H,6-8,10-18H2,1-5H3/t20-,22?,23?,24?,25?,26?,27-,28-,29+,30-,31?,32+,33-/m1/s1. The van der Waals surface area contributed by atoms with Crippen molar-refractivity contribution in [3.05, 3.63) is 11.6 Å². The Morgan fingerprint density at radius 1 is 0.949 bits per heavy atom. The van der Waals surface area contributed by atoms with Gasteiger partial charge in [0.05, 0.1) is 12.7 Å². The molecule has 224 valence electrons. The quantitative estimate of drug-likeness (QED) is 0.311. The van der Waals surface area contributed by atoms with Gasteiger partial charge in [-0.3, -0.25) is 0 Å². The van der Waals surface area contributed by atoms with E-state index in [-0.39, 0.29) is 11.5 Å². The molecule has 0 aromatic carbocycles. The molecule has 0 aromatic heterocycles. The maximum absolute atomic E-state index is 10.5. The lowest BCUT2D eigenvalue weighted by atomic mass is 9.47. The van der Waals surface area contributed by atoms with Crippen LogP contribution in [0.3, 0.4) is 0 Å². The molecule has 1 saturated heterocycles. The van der Waals surface area contributed by atoms with Gasteiger partial charge in [-0.25, -0.2) is 0 Å². The normalized spacial score (nSPS) is 48.7. The Balaban J connectivity index is 1.24. The SMILES string of the molecule is CC(C)CCC[C@@H](C)C1CCC2C3CC=C4CC(OC5O[C@H](CO)[C@@H](O)[C@H](O)[C@H]5O)CC[C@]4(C)C3CC[C@@]21C. The summed E-state index contributed by atoms with van der Waals surface area (Å²) in [6.45, 7) is 12.0. The average Bonchev–Trinajstić information content (AvgIpc) is 3.26. The fourth-order valence-corrected chi connectivity index (χ4v) is 10.1. The predicted molar refractivity (Wildman–Crippen MR) is 152 cm³/mol. The van der Waals surface area contributed by atoms with Crippen molar-refractivity contribution in [1.29, 1.82) is 0 Å². The first-order chi connectivity index (χ1) is 18.5. The van der Waals surface area contributed by atoms with E-state index in [9.17, 15) is 20.4 Å². The Morgan fingerprint density at radius 2 is 1.72 bits per heavy atom. The maximum atomic E-state index is 10.5. The molecule has 1 aliphatic heterocycles. The molecule has 0 amide bonds. The van der Waals surface area contributed by atoms with Crippen molar-refractivity contribution >= 4 is 0 Å². The van der Waals surface area contributed by atoms with E-state index in [0.29, 0.717) is 5.41 Å². The minimum absolute atomic E-state index is 0.0984. The first-order valence-corrected chi connectivity index (χ1v) is 16.1. The Kier molecular flexibility index (Phi) is 8.95. The Morgan fingerprint density at radius 3 is 2.44 bits per heavy atom. The summed E-state index contributed by atoms with van der Waals surface area (Å²) in [5.74, 6) is 4.87. The number of hydrogen-bond donors (Lipinski definition) is 4. The number of fused-ring (bicyclic) bond motifs is 5. The summed E-state index contributed by atoms with van der Waals surface area (Å²) in [6.07, 6.45) is 9.98. The van der Waals surface area contributed by atoms with Gasteiger partial charge in [-0.15, -0.1) is 0 Å². The zero-order valence-corrected chi connectivity index (χ0v) is 25.1. The minimum Gasteiger partial charge on any atom is -0.394 e. The average molecular weight is 549 g/mol. The molecule has 3 saturated carbocycles. The van der Waals surface area contributed by atoms with Gasteiger partial charge >= 0.3 is 0 Å². The van der Waals surface area contributed by atoms with Gasteiger partial charge < -0.3 is 29.9 Å². The molecule has 0 radical (unpaired) electrons. The molecule has 5 aliphatic rings. The van der Waals surface area contributed by atoms with Crippen molar-refractivity contribution in [3.8, 4) is 0 Å². The molecule has 4 N–H and O–H groups in total. The van der Waals surface area contributed by atoms with Crippen LogP contribution < -0.4 is 0 Å². The van der Waals surface area contributed by atoms with Crippen LogP contribution in [0, 0.1) is 46.3 Å². The predicted octanol–water partition coefficient (Wildman–Crippen LogP) is 5.21. The van der Waals surface area contributed by atoms with Crippen molar-refractivity contribution in [2.45, 2.75) is 142 Å². The second-order valence-corrected chi connectivity index (χ2v) is 15.0. The van der Waals surface area contributed by atoms with Crippen LogP contribution in [0.15, 0.2) is 11.6 Å². The zero-order chi connectivity index (χ0) is 28.1. The summed E-state index contributed by atoms with van der Waals surface area (Å²) in [7, 11) is 0. The van der Waals surface area contributed by atoms with Crippen LogP contribution in [0.4, 0.5) is 0 Å². The molecule has 0 bridgehead atoms. The number of hydrogen-bond acceptors (Lipinski definition) is 6. The number of rotatable bonds is 8. The van der Waals surface area contributed by atoms with Crippen molar-refractivity contribution in [1.82, 2.24) is 0 Å². The summed E-state index contributed by atoms with van der Waals surface area (Å²) in [5, 5.41) is 40.3. The minimum atomic E-state index is -1.39. The van der Waals surface area contributed by atoms with E-state index in [0.717, 1.165) is 54.8 Å². The molecule has 4 aliphatic carbocycles. The topological polar surface area (TPSA) is 99.4 Å². The molecular formula is C33H56O6. The van der Waals surface area contributed by atoms with Gasteiger partial charge in [-0.05, 0) is 97.7 Å². The zero-order valence-electron chi connectivity index (χ0n) is 25.1. The molecule has 5 rings (SSSR count). The van der Waals surface area contributed by atoms with Crippen molar-refractivity contribution < 1.29 is 29.9 Å².